The maximum atomic E-state index is 13.1. The minimum Gasteiger partial charge on any atom is -0.506 e. The van der Waals surface area contributed by atoms with E-state index < -0.39 is 5.82 Å². The van der Waals surface area contributed by atoms with Gasteiger partial charge in [0.1, 0.15) is 11.6 Å². The molecule has 17 heavy (non-hydrogen) atoms. The van der Waals surface area contributed by atoms with E-state index in [-0.39, 0.29) is 21.6 Å². The number of hydrogen-bond donors (Lipinski definition) is 1. The normalized spacial score (nSPS) is 10.5. The first-order valence-corrected chi connectivity index (χ1v) is 6.56. The summed E-state index contributed by atoms with van der Waals surface area (Å²) < 4.78 is 13.3. The molecule has 0 atom stereocenters. The highest BCUT2D eigenvalue weighted by molar-refractivity contribution is 9.10. The number of phenolic OH excluding ortho intramolecular Hbond substituents is 1. The molecule has 1 aromatic carbocycles. The van der Waals surface area contributed by atoms with Gasteiger partial charge in [-0.3, -0.25) is 4.79 Å². The number of carbonyl (C=O) groups is 1. The molecule has 0 unspecified atom stereocenters. The summed E-state index contributed by atoms with van der Waals surface area (Å²) in [6.45, 7) is 2.09. The number of Topliss-reactive ketones (excluding diaryl/α,β-unsaturated/α-hetero) is 1. The van der Waals surface area contributed by atoms with Gasteiger partial charge >= 0.3 is 0 Å². The van der Waals surface area contributed by atoms with Crippen molar-refractivity contribution in [3.05, 3.63) is 28.0 Å². The van der Waals surface area contributed by atoms with Crippen LogP contribution in [-0.4, -0.2) is 10.9 Å². The number of hydrogen-bond acceptors (Lipinski definition) is 2. The molecule has 0 fully saturated rings. The van der Waals surface area contributed by atoms with Crippen LogP contribution in [0.25, 0.3) is 0 Å². The second kappa shape index (κ2) is 6.74. The zero-order chi connectivity index (χ0) is 12.8. The fourth-order valence-corrected chi connectivity index (χ4v) is 2.06. The van der Waals surface area contributed by atoms with Crippen LogP contribution in [0.3, 0.4) is 0 Å². The van der Waals surface area contributed by atoms with Crippen LogP contribution in [0.4, 0.5) is 4.39 Å². The minimum absolute atomic E-state index is 0.0633. The Bertz CT molecular complexity index is 405. The van der Waals surface area contributed by atoms with E-state index in [0.29, 0.717) is 6.42 Å². The molecule has 4 heteroatoms. The van der Waals surface area contributed by atoms with Crippen LogP contribution in [-0.2, 0) is 0 Å². The lowest BCUT2D eigenvalue weighted by Gasteiger charge is -2.06. The molecule has 0 radical (unpaired) electrons. The molecular formula is C13H16BrFO2. The first-order chi connectivity index (χ1) is 8.06. The minimum atomic E-state index is -0.522. The second-order valence-electron chi connectivity index (χ2n) is 4.02. The fraction of sp³-hybridized carbons (Fsp3) is 0.462. The van der Waals surface area contributed by atoms with Crippen molar-refractivity contribution in [2.24, 2.45) is 0 Å². The molecule has 0 heterocycles. The molecule has 0 aliphatic carbocycles. The molecule has 0 saturated carbocycles. The third-order valence-corrected chi connectivity index (χ3v) is 3.19. The Morgan fingerprint density at radius 2 is 2.06 bits per heavy atom. The summed E-state index contributed by atoms with van der Waals surface area (Å²) in [6, 6.07) is 2.23. The van der Waals surface area contributed by atoms with Crippen LogP contribution < -0.4 is 0 Å². The van der Waals surface area contributed by atoms with Crippen LogP contribution in [0.2, 0.25) is 0 Å². The van der Waals surface area contributed by atoms with Crippen LogP contribution >= 0.6 is 15.9 Å². The highest BCUT2D eigenvalue weighted by atomic mass is 79.9. The maximum absolute atomic E-state index is 13.1. The maximum Gasteiger partial charge on any atom is 0.166 e. The highest BCUT2D eigenvalue weighted by Crippen LogP contribution is 2.30. The lowest BCUT2D eigenvalue weighted by Crippen LogP contribution is -2.00. The second-order valence-corrected chi connectivity index (χ2v) is 4.87. The molecule has 0 spiro atoms. The summed E-state index contributed by atoms with van der Waals surface area (Å²) in [5.41, 5.74) is 0.0633. The van der Waals surface area contributed by atoms with Gasteiger partial charge in [0.2, 0.25) is 0 Å². The molecule has 0 aliphatic rings. The average molecular weight is 303 g/mol. The van der Waals surface area contributed by atoms with Gasteiger partial charge in [0.15, 0.2) is 5.78 Å². The number of halogens is 2. The molecular weight excluding hydrogens is 287 g/mol. The van der Waals surface area contributed by atoms with Gasteiger partial charge in [-0.25, -0.2) is 4.39 Å². The van der Waals surface area contributed by atoms with Crippen molar-refractivity contribution < 1.29 is 14.3 Å². The van der Waals surface area contributed by atoms with Gasteiger partial charge < -0.3 is 5.11 Å². The smallest absolute Gasteiger partial charge is 0.166 e. The van der Waals surface area contributed by atoms with Crippen LogP contribution in [0.1, 0.15) is 49.4 Å². The molecule has 2 nitrogen and oxygen atoms in total. The van der Waals surface area contributed by atoms with Gasteiger partial charge in [0.25, 0.3) is 0 Å². The van der Waals surface area contributed by atoms with Gasteiger partial charge in [-0.2, -0.15) is 0 Å². The van der Waals surface area contributed by atoms with Crippen molar-refractivity contribution >= 4 is 21.7 Å². The summed E-state index contributed by atoms with van der Waals surface area (Å²) in [5, 5.41) is 9.66. The lowest BCUT2D eigenvalue weighted by atomic mass is 10.0. The zero-order valence-corrected chi connectivity index (χ0v) is 11.4. The van der Waals surface area contributed by atoms with E-state index >= 15 is 0 Å². The number of phenols is 1. The van der Waals surface area contributed by atoms with Gasteiger partial charge in [0, 0.05) is 6.42 Å². The summed E-state index contributed by atoms with van der Waals surface area (Å²) in [4.78, 5) is 11.8. The summed E-state index contributed by atoms with van der Waals surface area (Å²) in [6.07, 6.45) is 4.31. The topological polar surface area (TPSA) is 37.3 Å². The summed E-state index contributed by atoms with van der Waals surface area (Å²) in [7, 11) is 0. The van der Waals surface area contributed by atoms with Gasteiger partial charge in [-0.05, 0) is 34.5 Å². The van der Waals surface area contributed by atoms with Crippen LogP contribution in [0, 0.1) is 5.82 Å². The van der Waals surface area contributed by atoms with Gasteiger partial charge in [-0.1, -0.05) is 26.2 Å². The molecule has 94 valence electrons. The summed E-state index contributed by atoms with van der Waals surface area (Å²) in [5.74, 6) is -0.905. The third-order valence-electron chi connectivity index (χ3n) is 2.59. The van der Waals surface area contributed by atoms with Crippen LogP contribution in [0.15, 0.2) is 16.6 Å². The van der Waals surface area contributed by atoms with Crippen molar-refractivity contribution in [3.63, 3.8) is 0 Å². The van der Waals surface area contributed by atoms with Gasteiger partial charge in [-0.15, -0.1) is 0 Å². The molecule has 1 aromatic rings. The van der Waals surface area contributed by atoms with E-state index in [1.807, 2.05) is 0 Å². The summed E-state index contributed by atoms with van der Waals surface area (Å²) >= 11 is 3.02. The van der Waals surface area contributed by atoms with Crippen molar-refractivity contribution in [2.75, 3.05) is 0 Å². The van der Waals surface area contributed by atoms with E-state index in [4.69, 9.17) is 0 Å². The van der Waals surface area contributed by atoms with Crippen molar-refractivity contribution in [1.82, 2.24) is 0 Å². The van der Waals surface area contributed by atoms with Crippen molar-refractivity contribution in [3.8, 4) is 5.75 Å². The number of rotatable bonds is 6. The number of aromatic hydroxyl groups is 1. The number of ketones is 1. The molecule has 0 bridgehead atoms. The predicted octanol–water partition coefficient (Wildman–Crippen LogP) is 4.45. The molecule has 1 rings (SSSR count). The van der Waals surface area contributed by atoms with E-state index in [0.717, 1.165) is 37.8 Å². The SMILES string of the molecule is CCCCCCC(=O)c1cc(F)cc(Br)c1O. The van der Waals surface area contributed by atoms with E-state index in [2.05, 4.69) is 22.9 Å². The fourth-order valence-electron chi connectivity index (χ4n) is 1.63. The Morgan fingerprint density at radius 1 is 1.35 bits per heavy atom. The number of benzene rings is 1. The first-order valence-electron chi connectivity index (χ1n) is 5.77. The molecule has 0 saturated heterocycles. The molecule has 0 aromatic heterocycles. The van der Waals surface area contributed by atoms with Crippen molar-refractivity contribution in [2.45, 2.75) is 39.0 Å². The number of carbonyl (C=O) groups excluding carboxylic acids is 1. The van der Waals surface area contributed by atoms with Gasteiger partial charge in [0.05, 0.1) is 10.0 Å². The quantitative estimate of drug-likeness (QED) is 0.623. The average Bonchev–Trinajstić information content (AvgIpc) is 2.29. The monoisotopic (exact) mass is 302 g/mol. The Balaban J connectivity index is 2.69. The molecule has 0 aliphatic heterocycles. The Hall–Kier alpha value is -0.900. The van der Waals surface area contributed by atoms with E-state index in [1.54, 1.807) is 0 Å². The molecule has 1 N–H and O–H groups in total. The van der Waals surface area contributed by atoms with Crippen LogP contribution in [0.5, 0.6) is 5.75 Å². The standard InChI is InChI=1S/C13H16BrFO2/c1-2-3-4-5-6-12(16)10-7-9(15)8-11(14)13(10)17/h7-8,17H,2-6H2,1H3. The third kappa shape index (κ3) is 4.11. The molecule has 0 amide bonds. The highest BCUT2D eigenvalue weighted by Gasteiger charge is 2.15. The van der Waals surface area contributed by atoms with E-state index in [1.165, 1.54) is 0 Å². The predicted molar refractivity (Wildman–Crippen MR) is 68.9 cm³/mol. The van der Waals surface area contributed by atoms with E-state index in [9.17, 15) is 14.3 Å². The Morgan fingerprint density at radius 3 is 2.71 bits per heavy atom. The first kappa shape index (κ1) is 14.2. The largest absolute Gasteiger partial charge is 0.506 e. The zero-order valence-electron chi connectivity index (χ0n) is 9.80. The lowest BCUT2D eigenvalue weighted by molar-refractivity contribution is 0.0976. The van der Waals surface area contributed by atoms with Crippen molar-refractivity contribution in [1.29, 1.82) is 0 Å². The Labute approximate surface area is 109 Å². The Kier molecular flexibility index (Phi) is 5.62. The number of unbranched alkanes of at least 4 members (excludes halogenated alkanes) is 3.